The number of aliphatic imine (C=N–C) groups is 1. The van der Waals surface area contributed by atoms with Gasteiger partial charge in [0.15, 0.2) is 11.8 Å². The van der Waals surface area contributed by atoms with Gasteiger partial charge < -0.3 is 19.5 Å². The predicted molar refractivity (Wildman–Crippen MR) is 111 cm³/mol. The van der Waals surface area contributed by atoms with Crippen molar-refractivity contribution in [3.63, 3.8) is 0 Å². The van der Waals surface area contributed by atoms with Crippen LogP contribution in [0.5, 0.6) is 0 Å². The standard InChI is InChI=1S/C19H31N7OS/c1-5-20-19(25(3)12-15-13-28-18(22-15)14(2)27-4)21-11-17-24-23-16-9-7-6-8-10-26(16)17/h13-14H,5-12H2,1-4H3,(H,20,21). The smallest absolute Gasteiger partial charge is 0.194 e. The molecule has 0 aliphatic carbocycles. The highest BCUT2D eigenvalue weighted by molar-refractivity contribution is 7.09. The van der Waals surface area contributed by atoms with E-state index in [4.69, 9.17) is 9.73 Å². The highest BCUT2D eigenvalue weighted by atomic mass is 32.1. The zero-order chi connectivity index (χ0) is 19.9. The van der Waals surface area contributed by atoms with Crippen LogP contribution in [0.15, 0.2) is 10.4 Å². The van der Waals surface area contributed by atoms with Gasteiger partial charge in [0, 0.05) is 39.0 Å². The number of nitrogens with zero attached hydrogens (tertiary/aromatic N) is 6. The third-order valence-electron chi connectivity index (χ3n) is 4.92. The molecule has 3 heterocycles. The summed E-state index contributed by atoms with van der Waals surface area (Å²) in [6, 6.07) is 0. The molecule has 28 heavy (non-hydrogen) atoms. The molecule has 1 N–H and O–H groups in total. The maximum atomic E-state index is 5.36. The Bertz CT molecular complexity index is 785. The van der Waals surface area contributed by atoms with Crippen molar-refractivity contribution in [3.8, 4) is 0 Å². The summed E-state index contributed by atoms with van der Waals surface area (Å²) < 4.78 is 7.61. The van der Waals surface area contributed by atoms with Crippen LogP contribution in [0, 0.1) is 0 Å². The normalized spacial score (nSPS) is 15.8. The lowest BCUT2D eigenvalue weighted by molar-refractivity contribution is 0.119. The minimum atomic E-state index is 0.0224. The van der Waals surface area contributed by atoms with Crippen molar-refractivity contribution in [2.45, 2.75) is 65.3 Å². The number of guanidine groups is 1. The van der Waals surface area contributed by atoms with E-state index in [0.717, 1.165) is 47.8 Å². The van der Waals surface area contributed by atoms with Gasteiger partial charge in [0.1, 0.15) is 23.5 Å². The van der Waals surface area contributed by atoms with Gasteiger partial charge in [0.25, 0.3) is 0 Å². The summed E-state index contributed by atoms with van der Waals surface area (Å²) in [6.07, 6.45) is 4.68. The van der Waals surface area contributed by atoms with Crippen molar-refractivity contribution in [3.05, 3.63) is 27.7 Å². The van der Waals surface area contributed by atoms with E-state index in [1.165, 1.54) is 19.3 Å². The fraction of sp³-hybridized carbons (Fsp3) is 0.684. The Morgan fingerprint density at radius 2 is 2.25 bits per heavy atom. The van der Waals surface area contributed by atoms with Gasteiger partial charge in [-0.1, -0.05) is 6.42 Å². The molecule has 3 rings (SSSR count). The Morgan fingerprint density at radius 1 is 1.39 bits per heavy atom. The average molecular weight is 406 g/mol. The maximum absolute atomic E-state index is 5.36. The van der Waals surface area contributed by atoms with Crippen molar-refractivity contribution in [1.29, 1.82) is 0 Å². The van der Waals surface area contributed by atoms with E-state index in [1.807, 2.05) is 14.0 Å². The van der Waals surface area contributed by atoms with Gasteiger partial charge in [-0.2, -0.15) is 0 Å². The van der Waals surface area contributed by atoms with Gasteiger partial charge in [0.05, 0.1) is 12.2 Å². The van der Waals surface area contributed by atoms with Crippen molar-refractivity contribution in [2.75, 3.05) is 20.7 Å². The van der Waals surface area contributed by atoms with E-state index < -0.39 is 0 Å². The minimum absolute atomic E-state index is 0.0224. The minimum Gasteiger partial charge on any atom is -0.375 e. The molecule has 0 radical (unpaired) electrons. The Hall–Kier alpha value is -2.00. The third kappa shape index (κ3) is 5.08. The molecule has 2 aromatic rings. The summed E-state index contributed by atoms with van der Waals surface area (Å²) in [7, 11) is 3.74. The van der Waals surface area contributed by atoms with E-state index in [1.54, 1.807) is 18.4 Å². The second-order valence-corrected chi connectivity index (χ2v) is 7.97. The van der Waals surface area contributed by atoms with Crippen molar-refractivity contribution in [2.24, 2.45) is 4.99 Å². The molecule has 2 aromatic heterocycles. The molecule has 0 saturated carbocycles. The Labute approximate surface area is 171 Å². The zero-order valence-corrected chi connectivity index (χ0v) is 18.1. The van der Waals surface area contributed by atoms with E-state index >= 15 is 0 Å². The molecule has 9 heteroatoms. The highest BCUT2D eigenvalue weighted by Crippen LogP contribution is 2.21. The molecule has 154 valence electrons. The lowest BCUT2D eigenvalue weighted by atomic mass is 10.2. The molecule has 0 aromatic carbocycles. The number of aromatic nitrogens is 4. The molecule has 1 aliphatic heterocycles. The molecule has 1 unspecified atom stereocenters. The molecule has 0 amide bonds. The van der Waals surface area contributed by atoms with Crippen LogP contribution in [-0.2, 0) is 30.8 Å². The van der Waals surface area contributed by atoms with Crippen LogP contribution in [0.25, 0.3) is 0 Å². The second kappa shape index (κ2) is 9.97. The first-order valence-electron chi connectivity index (χ1n) is 9.99. The fourth-order valence-corrected chi connectivity index (χ4v) is 4.12. The number of aryl methyl sites for hydroxylation is 1. The van der Waals surface area contributed by atoms with Gasteiger partial charge >= 0.3 is 0 Å². The molecular formula is C19H31N7OS. The molecule has 0 fully saturated rings. The summed E-state index contributed by atoms with van der Waals surface area (Å²) in [6.45, 7) is 7.12. The van der Waals surface area contributed by atoms with Gasteiger partial charge in [-0.05, 0) is 26.7 Å². The SMILES string of the molecule is CCNC(=NCc1nnc2n1CCCCC2)N(C)Cc1csc(C(C)OC)n1. The molecule has 0 spiro atoms. The number of hydrogen-bond acceptors (Lipinski definition) is 6. The number of methoxy groups -OCH3 is 1. The summed E-state index contributed by atoms with van der Waals surface area (Å²) in [5.41, 5.74) is 1.02. The number of nitrogens with one attached hydrogen (secondary N) is 1. The van der Waals surface area contributed by atoms with Crippen molar-refractivity contribution < 1.29 is 4.74 Å². The summed E-state index contributed by atoms with van der Waals surface area (Å²) in [5.74, 6) is 2.90. The molecule has 1 atom stereocenters. The largest absolute Gasteiger partial charge is 0.375 e. The van der Waals surface area contributed by atoms with Crippen LogP contribution in [0.3, 0.4) is 0 Å². The summed E-state index contributed by atoms with van der Waals surface area (Å²) >= 11 is 1.63. The van der Waals surface area contributed by atoms with Crippen LogP contribution in [0.2, 0.25) is 0 Å². The Morgan fingerprint density at radius 3 is 3.04 bits per heavy atom. The van der Waals surface area contributed by atoms with Crippen LogP contribution in [0.4, 0.5) is 0 Å². The molecular weight excluding hydrogens is 374 g/mol. The summed E-state index contributed by atoms with van der Waals surface area (Å²) in [4.78, 5) is 11.6. The van der Waals surface area contributed by atoms with Crippen molar-refractivity contribution >= 4 is 17.3 Å². The van der Waals surface area contributed by atoms with Crippen LogP contribution < -0.4 is 5.32 Å². The van der Waals surface area contributed by atoms with E-state index in [0.29, 0.717) is 13.1 Å². The number of rotatable bonds is 7. The van der Waals surface area contributed by atoms with Crippen LogP contribution in [0.1, 0.15) is 61.6 Å². The monoisotopic (exact) mass is 405 g/mol. The lowest BCUT2D eigenvalue weighted by Gasteiger charge is -2.21. The second-order valence-electron chi connectivity index (χ2n) is 7.08. The topological polar surface area (TPSA) is 80.5 Å². The Kier molecular flexibility index (Phi) is 7.38. The lowest BCUT2D eigenvalue weighted by Crippen LogP contribution is -2.38. The number of hydrogen-bond donors (Lipinski definition) is 1. The van der Waals surface area contributed by atoms with Crippen molar-refractivity contribution in [1.82, 2.24) is 30.0 Å². The Balaban J connectivity index is 1.68. The highest BCUT2D eigenvalue weighted by Gasteiger charge is 2.16. The first-order chi connectivity index (χ1) is 13.6. The molecule has 8 nitrogen and oxygen atoms in total. The number of fused-ring (bicyclic) bond motifs is 1. The molecule has 1 aliphatic rings. The molecule has 0 saturated heterocycles. The number of ether oxygens (including phenoxy) is 1. The van der Waals surface area contributed by atoms with Gasteiger partial charge in [-0.25, -0.2) is 9.98 Å². The van der Waals surface area contributed by atoms with Crippen LogP contribution >= 0.6 is 11.3 Å². The third-order valence-corrected chi connectivity index (χ3v) is 5.98. The quantitative estimate of drug-likeness (QED) is 0.564. The van der Waals surface area contributed by atoms with Crippen LogP contribution in [-0.4, -0.2) is 51.3 Å². The fourth-order valence-electron chi connectivity index (χ4n) is 3.28. The molecule has 0 bridgehead atoms. The van der Waals surface area contributed by atoms with E-state index in [-0.39, 0.29) is 6.10 Å². The van der Waals surface area contributed by atoms with Gasteiger partial charge in [-0.3, -0.25) is 0 Å². The average Bonchev–Trinajstić information content (AvgIpc) is 3.24. The zero-order valence-electron chi connectivity index (χ0n) is 17.3. The maximum Gasteiger partial charge on any atom is 0.194 e. The van der Waals surface area contributed by atoms with Gasteiger partial charge in [0.2, 0.25) is 0 Å². The van der Waals surface area contributed by atoms with E-state index in [9.17, 15) is 0 Å². The summed E-state index contributed by atoms with van der Waals surface area (Å²) in [5, 5.41) is 15.2. The predicted octanol–water partition coefficient (Wildman–Crippen LogP) is 2.77. The first kappa shape index (κ1) is 20.7. The number of thiazole rings is 1. The van der Waals surface area contributed by atoms with Gasteiger partial charge in [-0.15, -0.1) is 21.5 Å². The van der Waals surface area contributed by atoms with E-state index in [2.05, 4.69) is 42.3 Å². The first-order valence-corrected chi connectivity index (χ1v) is 10.9.